The zero-order valence-corrected chi connectivity index (χ0v) is 16.8. The average molecular weight is 434 g/mol. The molecule has 0 radical (unpaired) electrons. The molecular weight excluding hydrogens is 414 g/mol. The van der Waals surface area contributed by atoms with Crippen LogP contribution in [0.5, 0.6) is 11.5 Å². The van der Waals surface area contributed by atoms with E-state index >= 15 is 0 Å². The fourth-order valence-electron chi connectivity index (χ4n) is 2.69. The summed E-state index contributed by atoms with van der Waals surface area (Å²) >= 11 is 3.22. The molecule has 0 fully saturated rings. The Labute approximate surface area is 165 Å². The number of carbonyl (C=O) groups excluding carboxylic acids is 1. The van der Waals surface area contributed by atoms with Crippen LogP contribution in [0.1, 0.15) is 27.4 Å². The number of aryl methyl sites for hydroxylation is 3. The summed E-state index contributed by atoms with van der Waals surface area (Å²) in [6.07, 6.45) is 1.50. The van der Waals surface area contributed by atoms with Gasteiger partial charge in [0.05, 0.1) is 14.2 Å². The van der Waals surface area contributed by atoms with Crippen LogP contribution >= 0.6 is 15.9 Å². The number of halogens is 1. The number of nitrogens with zero attached hydrogens (tertiary/aromatic N) is 1. The maximum absolute atomic E-state index is 12.3. The third-order valence-electron chi connectivity index (χ3n) is 4.06. The van der Waals surface area contributed by atoms with Crippen LogP contribution in [-0.4, -0.2) is 30.3 Å². The Hall–Kier alpha value is -2.74. The van der Waals surface area contributed by atoms with Gasteiger partial charge in [0, 0.05) is 23.4 Å². The minimum atomic E-state index is -0.339. The number of hydrogen-bond acceptors (Lipinski definition) is 5. The van der Waals surface area contributed by atoms with Crippen molar-refractivity contribution in [2.24, 2.45) is 0 Å². The molecule has 2 N–H and O–H groups in total. The SMILES string of the molecule is COc1cc(CCc2cc(NC(=O)c3oc(Br)cc3C)n[nH]2)cc(OC)c1. The van der Waals surface area contributed by atoms with Crippen molar-refractivity contribution in [2.75, 3.05) is 19.5 Å². The van der Waals surface area contributed by atoms with Crippen molar-refractivity contribution in [3.05, 3.63) is 57.6 Å². The minimum Gasteiger partial charge on any atom is -0.497 e. The lowest BCUT2D eigenvalue weighted by atomic mass is 10.1. The molecule has 3 aromatic rings. The largest absolute Gasteiger partial charge is 0.497 e. The van der Waals surface area contributed by atoms with E-state index < -0.39 is 0 Å². The number of H-pyrrole nitrogens is 1. The summed E-state index contributed by atoms with van der Waals surface area (Å²) in [5.74, 6) is 1.87. The van der Waals surface area contributed by atoms with Gasteiger partial charge in [0.2, 0.25) is 0 Å². The van der Waals surface area contributed by atoms with Crippen LogP contribution in [0.15, 0.2) is 39.4 Å². The van der Waals surface area contributed by atoms with E-state index in [-0.39, 0.29) is 11.7 Å². The van der Waals surface area contributed by atoms with E-state index in [1.165, 1.54) is 0 Å². The number of nitrogens with one attached hydrogen (secondary N) is 2. The molecule has 0 saturated heterocycles. The van der Waals surface area contributed by atoms with Crippen molar-refractivity contribution < 1.29 is 18.7 Å². The lowest BCUT2D eigenvalue weighted by Crippen LogP contribution is -2.12. The molecule has 0 saturated carbocycles. The zero-order valence-electron chi connectivity index (χ0n) is 15.3. The number of aromatic amines is 1. The predicted octanol–water partition coefficient (Wildman–Crippen LogP) is 4.13. The molecule has 7 nitrogen and oxygen atoms in total. The van der Waals surface area contributed by atoms with Crippen LogP contribution in [-0.2, 0) is 12.8 Å². The summed E-state index contributed by atoms with van der Waals surface area (Å²) in [6, 6.07) is 9.33. The molecule has 8 heteroatoms. The molecule has 2 heterocycles. The van der Waals surface area contributed by atoms with Crippen LogP contribution in [0.3, 0.4) is 0 Å². The van der Waals surface area contributed by atoms with Crippen LogP contribution in [0, 0.1) is 6.92 Å². The number of ether oxygens (including phenoxy) is 2. The molecule has 3 rings (SSSR count). The Morgan fingerprint density at radius 1 is 1.15 bits per heavy atom. The van der Waals surface area contributed by atoms with Gasteiger partial charge in [0.15, 0.2) is 16.2 Å². The van der Waals surface area contributed by atoms with Crippen molar-refractivity contribution in [1.82, 2.24) is 10.2 Å². The maximum atomic E-state index is 12.3. The third-order valence-corrected chi connectivity index (χ3v) is 4.45. The van der Waals surface area contributed by atoms with E-state index in [1.54, 1.807) is 20.3 Å². The second kappa shape index (κ2) is 8.30. The van der Waals surface area contributed by atoms with Gasteiger partial charge in [-0.15, -0.1) is 0 Å². The Balaban J connectivity index is 1.63. The van der Waals surface area contributed by atoms with E-state index in [1.807, 2.05) is 31.2 Å². The number of furan rings is 1. The highest BCUT2D eigenvalue weighted by Crippen LogP contribution is 2.24. The number of carbonyl (C=O) groups is 1. The number of aromatic nitrogens is 2. The standard InChI is InChI=1S/C19H20BrN3O4/c1-11-6-16(20)27-18(11)19(24)21-17-9-13(22-23-17)5-4-12-7-14(25-2)10-15(8-12)26-3/h6-10H,4-5H2,1-3H3,(H2,21,22,23,24). The lowest BCUT2D eigenvalue weighted by molar-refractivity contribution is 0.0994. The number of anilines is 1. The predicted molar refractivity (Wildman–Crippen MR) is 105 cm³/mol. The summed E-state index contributed by atoms with van der Waals surface area (Å²) < 4.78 is 16.4. The Morgan fingerprint density at radius 2 is 1.85 bits per heavy atom. The first-order chi connectivity index (χ1) is 13.0. The smallest absolute Gasteiger partial charge is 0.292 e. The summed E-state index contributed by atoms with van der Waals surface area (Å²) in [7, 11) is 3.25. The highest BCUT2D eigenvalue weighted by Gasteiger charge is 2.16. The molecule has 0 bridgehead atoms. The van der Waals surface area contributed by atoms with Crippen molar-refractivity contribution in [3.8, 4) is 11.5 Å². The van der Waals surface area contributed by atoms with Gasteiger partial charge in [-0.2, -0.15) is 5.10 Å². The zero-order chi connectivity index (χ0) is 19.4. The molecule has 0 spiro atoms. The second-order valence-corrected chi connectivity index (χ2v) is 6.80. The molecule has 1 aromatic carbocycles. The van der Waals surface area contributed by atoms with Gasteiger partial charge in [-0.1, -0.05) is 0 Å². The first-order valence-corrected chi connectivity index (χ1v) is 9.11. The summed E-state index contributed by atoms with van der Waals surface area (Å²) in [5, 5.41) is 9.81. The van der Waals surface area contributed by atoms with Crippen molar-refractivity contribution >= 4 is 27.7 Å². The Bertz CT molecular complexity index is 926. The molecule has 142 valence electrons. The fourth-order valence-corrected chi connectivity index (χ4v) is 3.19. The molecule has 0 aliphatic rings. The van der Waals surface area contributed by atoms with Gasteiger partial charge in [0.1, 0.15) is 11.5 Å². The molecule has 1 amide bonds. The lowest BCUT2D eigenvalue weighted by Gasteiger charge is -2.07. The topological polar surface area (TPSA) is 89.4 Å². The van der Waals surface area contributed by atoms with E-state index in [9.17, 15) is 4.79 Å². The first-order valence-electron chi connectivity index (χ1n) is 8.32. The third kappa shape index (κ3) is 4.71. The number of methoxy groups -OCH3 is 2. The highest BCUT2D eigenvalue weighted by molar-refractivity contribution is 9.10. The molecule has 27 heavy (non-hydrogen) atoms. The quantitative estimate of drug-likeness (QED) is 0.584. The fraction of sp³-hybridized carbons (Fsp3) is 0.263. The van der Waals surface area contributed by atoms with Crippen LogP contribution in [0.25, 0.3) is 0 Å². The van der Waals surface area contributed by atoms with Gasteiger partial charge < -0.3 is 19.2 Å². The molecule has 2 aromatic heterocycles. The van der Waals surface area contributed by atoms with E-state index in [0.29, 0.717) is 10.5 Å². The minimum absolute atomic E-state index is 0.259. The average Bonchev–Trinajstić information content (AvgIpc) is 3.25. The van der Waals surface area contributed by atoms with Gasteiger partial charge in [0.25, 0.3) is 5.91 Å². The van der Waals surface area contributed by atoms with Crippen LogP contribution in [0.2, 0.25) is 0 Å². The Kier molecular flexibility index (Phi) is 5.85. The number of benzene rings is 1. The number of rotatable bonds is 7. The van der Waals surface area contributed by atoms with E-state index in [4.69, 9.17) is 13.9 Å². The van der Waals surface area contributed by atoms with Crippen molar-refractivity contribution in [3.63, 3.8) is 0 Å². The summed E-state index contributed by atoms with van der Waals surface area (Å²) in [5.41, 5.74) is 2.74. The monoisotopic (exact) mass is 433 g/mol. The molecule has 0 aliphatic carbocycles. The summed E-state index contributed by atoms with van der Waals surface area (Å²) in [4.78, 5) is 12.3. The highest BCUT2D eigenvalue weighted by atomic mass is 79.9. The van der Waals surface area contributed by atoms with Crippen molar-refractivity contribution in [2.45, 2.75) is 19.8 Å². The van der Waals surface area contributed by atoms with Gasteiger partial charge in [-0.25, -0.2) is 0 Å². The second-order valence-electron chi connectivity index (χ2n) is 6.02. The van der Waals surface area contributed by atoms with Gasteiger partial charge >= 0.3 is 0 Å². The van der Waals surface area contributed by atoms with Crippen molar-refractivity contribution in [1.29, 1.82) is 0 Å². The van der Waals surface area contributed by atoms with Crippen LogP contribution < -0.4 is 14.8 Å². The number of hydrogen-bond donors (Lipinski definition) is 2. The normalized spacial score (nSPS) is 10.7. The molecule has 0 atom stereocenters. The maximum Gasteiger partial charge on any atom is 0.292 e. The molecular formula is C19H20BrN3O4. The summed E-state index contributed by atoms with van der Waals surface area (Å²) in [6.45, 7) is 1.81. The van der Waals surface area contributed by atoms with E-state index in [2.05, 4.69) is 31.4 Å². The molecule has 0 unspecified atom stereocenters. The number of amides is 1. The van der Waals surface area contributed by atoms with E-state index in [0.717, 1.165) is 41.2 Å². The van der Waals surface area contributed by atoms with Gasteiger partial charge in [-0.05, 0) is 59.5 Å². The van der Waals surface area contributed by atoms with Gasteiger partial charge in [-0.3, -0.25) is 9.89 Å². The van der Waals surface area contributed by atoms with Crippen LogP contribution in [0.4, 0.5) is 5.82 Å². The molecule has 0 aliphatic heterocycles. The first kappa shape index (κ1) is 19.0. The Morgan fingerprint density at radius 3 is 2.44 bits per heavy atom.